The summed E-state index contributed by atoms with van der Waals surface area (Å²) < 4.78 is 0. The lowest BCUT2D eigenvalue weighted by Gasteiger charge is -2.27. The Hall–Kier alpha value is -0.730. The van der Waals surface area contributed by atoms with E-state index in [2.05, 4.69) is 24.0 Å². The molecule has 1 aromatic carbocycles. The highest BCUT2D eigenvalue weighted by Crippen LogP contribution is 2.35. The van der Waals surface area contributed by atoms with Crippen LogP contribution in [0.2, 0.25) is 5.02 Å². The fourth-order valence-corrected chi connectivity index (χ4v) is 2.55. The van der Waals surface area contributed by atoms with Crippen molar-refractivity contribution in [1.82, 2.24) is 0 Å². The minimum absolute atomic E-state index is 0.695. The van der Waals surface area contributed by atoms with Crippen LogP contribution in [-0.2, 0) is 6.42 Å². The SMILES string of the molecule is CCCCN(c1cc(Cl)ccc1CCN)C1CC1. The van der Waals surface area contributed by atoms with E-state index in [0.717, 1.165) is 24.0 Å². The van der Waals surface area contributed by atoms with Crippen LogP contribution in [0.1, 0.15) is 38.2 Å². The molecule has 100 valence electrons. The zero-order valence-electron chi connectivity index (χ0n) is 11.2. The lowest BCUT2D eigenvalue weighted by atomic mass is 10.1. The van der Waals surface area contributed by atoms with Gasteiger partial charge in [0.05, 0.1) is 0 Å². The lowest BCUT2D eigenvalue weighted by molar-refractivity contribution is 0.709. The Morgan fingerprint density at radius 2 is 2.17 bits per heavy atom. The quantitative estimate of drug-likeness (QED) is 0.817. The van der Waals surface area contributed by atoms with Crippen LogP contribution in [-0.4, -0.2) is 19.1 Å². The number of nitrogens with two attached hydrogens (primary N) is 1. The minimum Gasteiger partial charge on any atom is -0.368 e. The van der Waals surface area contributed by atoms with Crippen LogP contribution in [0.3, 0.4) is 0 Å². The first-order valence-corrected chi connectivity index (χ1v) is 7.39. The first-order chi connectivity index (χ1) is 8.76. The zero-order valence-corrected chi connectivity index (χ0v) is 11.9. The molecule has 18 heavy (non-hydrogen) atoms. The van der Waals surface area contributed by atoms with Crippen molar-refractivity contribution in [1.29, 1.82) is 0 Å². The Morgan fingerprint density at radius 3 is 2.78 bits per heavy atom. The van der Waals surface area contributed by atoms with Crippen molar-refractivity contribution in [3.63, 3.8) is 0 Å². The maximum Gasteiger partial charge on any atom is 0.0426 e. The molecule has 2 N–H and O–H groups in total. The van der Waals surface area contributed by atoms with Crippen molar-refractivity contribution in [3.05, 3.63) is 28.8 Å². The van der Waals surface area contributed by atoms with Crippen molar-refractivity contribution >= 4 is 17.3 Å². The number of unbranched alkanes of at least 4 members (excludes halogenated alkanes) is 1. The third-order valence-corrected chi connectivity index (χ3v) is 3.75. The van der Waals surface area contributed by atoms with Gasteiger partial charge in [0.1, 0.15) is 0 Å². The van der Waals surface area contributed by atoms with Gasteiger partial charge in [0.15, 0.2) is 0 Å². The normalized spacial score (nSPS) is 14.8. The Bertz CT molecular complexity index is 388. The number of rotatable bonds is 7. The molecule has 1 saturated carbocycles. The van der Waals surface area contributed by atoms with Gasteiger partial charge in [0, 0.05) is 23.3 Å². The molecular weight excluding hydrogens is 244 g/mol. The van der Waals surface area contributed by atoms with Gasteiger partial charge in [-0.3, -0.25) is 0 Å². The van der Waals surface area contributed by atoms with Gasteiger partial charge in [-0.05, 0) is 49.9 Å². The van der Waals surface area contributed by atoms with E-state index in [-0.39, 0.29) is 0 Å². The van der Waals surface area contributed by atoms with Crippen LogP contribution in [0.4, 0.5) is 5.69 Å². The molecule has 3 heteroatoms. The lowest BCUT2D eigenvalue weighted by Crippen LogP contribution is -2.28. The number of hydrogen-bond donors (Lipinski definition) is 1. The van der Waals surface area contributed by atoms with Gasteiger partial charge in [0.25, 0.3) is 0 Å². The van der Waals surface area contributed by atoms with Gasteiger partial charge in [-0.25, -0.2) is 0 Å². The molecule has 1 aliphatic rings. The molecule has 0 unspecified atom stereocenters. The Balaban J connectivity index is 2.23. The van der Waals surface area contributed by atoms with Crippen molar-refractivity contribution in [3.8, 4) is 0 Å². The molecule has 0 heterocycles. The number of anilines is 1. The Labute approximate surface area is 115 Å². The van der Waals surface area contributed by atoms with Crippen LogP contribution < -0.4 is 10.6 Å². The molecule has 0 spiro atoms. The molecule has 0 aromatic heterocycles. The zero-order chi connectivity index (χ0) is 13.0. The minimum atomic E-state index is 0.695. The van der Waals surface area contributed by atoms with E-state index in [1.807, 2.05) is 6.07 Å². The highest BCUT2D eigenvalue weighted by atomic mass is 35.5. The van der Waals surface area contributed by atoms with Crippen molar-refractivity contribution in [2.45, 2.75) is 45.1 Å². The highest BCUT2D eigenvalue weighted by molar-refractivity contribution is 6.30. The van der Waals surface area contributed by atoms with Crippen molar-refractivity contribution in [2.75, 3.05) is 18.0 Å². The third-order valence-electron chi connectivity index (χ3n) is 3.51. The number of hydrogen-bond acceptors (Lipinski definition) is 2. The van der Waals surface area contributed by atoms with E-state index in [0.29, 0.717) is 6.54 Å². The van der Waals surface area contributed by atoms with Gasteiger partial charge < -0.3 is 10.6 Å². The van der Waals surface area contributed by atoms with Crippen LogP contribution in [0.25, 0.3) is 0 Å². The van der Waals surface area contributed by atoms with Crippen LogP contribution in [0.15, 0.2) is 18.2 Å². The predicted octanol–water partition coefficient (Wildman–Crippen LogP) is 3.61. The molecule has 2 rings (SSSR count). The average molecular weight is 267 g/mol. The monoisotopic (exact) mass is 266 g/mol. The van der Waals surface area contributed by atoms with Gasteiger partial charge in [-0.15, -0.1) is 0 Å². The Morgan fingerprint density at radius 1 is 1.39 bits per heavy atom. The third kappa shape index (κ3) is 3.39. The second kappa shape index (κ2) is 6.44. The summed E-state index contributed by atoms with van der Waals surface area (Å²) in [6.07, 6.45) is 6.04. The molecule has 0 aliphatic heterocycles. The summed E-state index contributed by atoms with van der Waals surface area (Å²) in [5, 5.41) is 0.827. The first-order valence-electron chi connectivity index (χ1n) is 7.01. The molecule has 1 fully saturated rings. The molecule has 0 radical (unpaired) electrons. The van der Waals surface area contributed by atoms with Crippen molar-refractivity contribution in [2.24, 2.45) is 5.73 Å². The van der Waals surface area contributed by atoms with Crippen LogP contribution in [0, 0.1) is 0 Å². The fraction of sp³-hybridized carbons (Fsp3) is 0.600. The maximum absolute atomic E-state index is 6.16. The summed E-state index contributed by atoms with van der Waals surface area (Å²) in [4.78, 5) is 2.54. The predicted molar refractivity (Wildman–Crippen MR) is 79.5 cm³/mol. The summed E-state index contributed by atoms with van der Waals surface area (Å²) >= 11 is 6.16. The molecule has 0 atom stereocenters. The molecule has 0 amide bonds. The maximum atomic E-state index is 6.16. The van der Waals surface area contributed by atoms with Gasteiger partial charge in [-0.2, -0.15) is 0 Å². The molecule has 0 bridgehead atoms. The Kier molecular flexibility index (Phi) is 4.90. The van der Waals surface area contributed by atoms with E-state index in [1.165, 1.54) is 36.9 Å². The number of nitrogens with zero attached hydrogens (tertiary/aromatic N) is 1. The smallest absolute Gasteiger partial charge is 0.0426 e. The standard InChI is InChI=1S/C15H23ClN2/c1-2-3-10-18(14-6-7-14)15-11-13(16)5-4-12(15)8-9-17/h4-5,11,14H,2-3,6-10,17H2,1H3. The largest absolute Gasteiger partial charge is 0.368 e. The highest BCUT2D eigenvalue weighted by Gasteiger charge is 2.29. The van der Waals surface area contributed by atoms with Crippen molar-refractivity contribution < 1.29 is 0 Å². The summed E-state index contributed by atoms with van der Waals surface area (Å²) in [5.41, 5.74) is 8.36. The van der Waals surface area contributed by atoms with E-state index in [4.69, 9.17) is 17.3 Å². The number of benzene rings is 1. The van der Waals surface area contributed by atoms with Gasteiger partial charge in [-0.1, -0.05) is 31.0 Å². The van der Waals surface area contributed by atoms with Crippen LogP contribution >= 0.6 is 11.6 Å². The molecule has 0 saturated heterocycles. The summed E-state index contributed by atoms with van der Waals surface area (Å²) in [6, 6.07) is 6.94. The molecule has 1 aromatic rings. The summed E-state index contributed by atoms with van der Waals surface area (Å²) in [6.45, 7) is 4.07. The van der Waals surface area contributed by atoms with Gasteiger partial charge in [0.2, 0.25) is 0 Å². The molecule has 2 nitrogen and oxygen atoms in total. The number of halogens is 1. The summed E-state index contributed by atoms with van der Waals surface area (Å²) in [7, 11) is 0. The second-order valence-corrected chi connectivity index (χ2v) is 5.53. The van der Waals surface area contributed by atoms with Crippen LogP contribution in [0.5, 0.6) is 0 Å². The second-order valence-electron chi connectivity index (χ2n) is 5.09. The van der Waals surface area contributed by atoms with E-state index in [1.54, 1.807) is 0 Å². The average Bonchev–Trinajstić information content (AvgIpc) is 3.17. The van der Waals surface area contributed by atoms with E-state index < -0.39 is 0 Å². The van der Waals surface area contributed by atoms with E-state index >= 15 is 0 Å². The fourth-order valence-electron chi connectivity index (χ4n) is 2.39. The summed E-state index contributed by atoms with van der Waals surface area (Å²) in [5.74, 6) is 0. The topological polar surface area (TPSA) is 29.3 Å². The molecule has 1 aliphatic carbocycles. The first kappa shape index (κ1) is 13.7. The van der Waals surface area contributed by atoms with Gasteiger partial charge >= 0.3 is 0 Å². The van der Waals surface area contributed by atoms with E-state index in [9.17, 15) is 0 Å². The molecular formula is C15H23ClN2.